The molecule has 2 fully saturated rings. The Hall–Kier alpha value is -1.34. The van der Waals surface area contributed by atoms with Crippen LogP contribution >= 0.6 is 11.8 Å². The zero-order valence-electron chi connectivity index (χ0n) is 14.3. The molecule has 6 nitrogen and oxygen atoms in total. The first-order chi connectivity index (χ1) is 11.8. The molecule has 24 heavy (non-hydrogen) atoms. The second-order valence-electron chi connectivity index (χ2n) is 6.42. The maximum atomic E-state index is 11.3. The Labute approximate surface area is 148 Å². The molecule has 132 valence electrons. The lowest BCUT2D eigenvalue weighted by Crippen LogP contribution is -2.41. The van der Waals surface area contributed by atoms with Crippen LogP contribution in [0.4, 0.5) is 5.82 Å². The minimum atomic E-state index is -0.240. The summed E-state index contributed by atoms with van der Waals surface area (Å²) in [5.74, 6) is 0.956. The van der Waals surface area contributed by atoms with Crippen molar-refractivity contribution in [2.75, 3.05) is 43.9 Å². The molecule has 0 aliphatic carbocycles. The van der Waals surface area contributed by atoms with Crippen molar-refractivity contribution in [1.82, 2.24) is 14.9 Å². The van der Waals surface area contributed by atoms with E-state index in [0.717, 1.165) is 23.9 Å². The van der Waals surface area contributed by atoms with E-state index in [2.05, 4.69) is 19.5 Å². The summed E-state index contributed by atoms with van der Waals surface area (Å²) >= 11 is 1.38. The number of thioether (sulfide) groups is 1. The van der Waals surface area contributed by atoms with Crippen molar-refractivity contribution in [3.63, 3.8) is 0 Å². The van der Waals surface area contributed by atoms with E-state index in [1.807, 2.05) is 6.20 Å². The molecule has 2 saturated heterocycles. The highest BCUT2D eigenvalue weighted by Gasteiger charge is 2.26. The van der Waals surface area contributed by atoms with Crippen LogP contribution in [0.15, 0.2) is 17.4 Å². The number of hydrogen-bond acceptors (Lipinski definition) is 7. The average Bonchev–Trinajstić information content (AvgIpc) is 3.04. The highest BCUT2D eigenvalue weighted by Crippen LogP contribution is 2.24. The minimum Gasteiger partial charge on any atom is -0.468 e. The lowest BCUT2D eigenvalue weighted by molar-refractivity contribution is -0.137. The maximum Gasteiger partial charge on any atom is 0.316 e. The number of methoxy groups -OCH3 is 1. The molecular weight excluding hydrogens is 324 g/mol. The quantitative estimate of drug-likeness (QED) is 0.596. The fraction of sp³-hybridized carbons (Fsp3) is 0.706. The second-order valence-corrected chi connectivity index (χ2v) is 7.41. The molecule has 0 bridgehead atoms. The molecule has 0 spiro atoms. The van der Waals surface area contributed by atoms with E-state index in [4.69, 9.17) is 4.98 Å². The van der Waals surface area contributed by atoms with Gasteiger partial charge in [-0.15, -0.1) is 0 Å². The third-order valence-corrected chi connectivity index (χ3v) is 5.67. The van der Waals surface area contributed by atoms with Crippen LogP contribution in [0.5, 0.6) is 0 Å². The van der Waals surface area contributed by atoms with Crippen LogP contribution in [0.25, 0.3) is 0 Å². The van der Waals surface area contributed by atoms with Crippen LogP contribution in [0.2, 0.25) is 0 Å². The van der Waals surface area contributed by atoms with E-state index >= 15 is 0 Å². The van der Waals surface area contributed by atoms with E-state index in [9.17, 15) is 4.79 Å². The van der Waals surface area contributed by atoms with Gasteiger partial charge >= 0.3 is 5.97 Å². The number of aromatic nitrogens is 2. The molecule has 0 radical (unpaired) electrons. The van der Waals surface area contributed by atoms with Gasteiger partial charge < -0.3 is 9.64 Å². The van der Waals surface area contributed by atoms with Gasteiger partial charge in [0, 0.05) is 19.1 Å². The van der Waals surface area contributed by atoms with E-state index in [1.165, 1.54) is 64.1 Å². The molecular formula is C17H26N4O2S. The van der Waals surface area contributed by atoms with Crippen LogP contribution in [-0.4, -0.2) is 65.9 Å². The van der Waals surface area contributed by atoms with E-state index in [1.54, 1.807) is 6.20 Å². The van der Waals surface area contributed by atoms with E-state index in [-0.39, 0.29) is 11.7 Å². The van der Waals surface area contributed by atoms with Crippen LogP contribution in [0, 0.1) is 0 Å². The van der Waals surface area contributed by atoms with E-state index in [0.29, 0.717) is 6.04 Å². The minimum absolute atomic E-state index is 0.240. The summed E-state index contributed by atoms with van der Waals surface area (Å²) in [6, 6.07) is 0.628. The number of nitrogens with zero attached hydrogens (tertiary/aromatic N) is 4. The lowest BCUT2D eigenvalue weighted by Gasteiger charge is -2.31. The summed E-state index contributed by atoms with van der Waals surface area (Å²) in [4.78, 5) is 25.3. The topological polar surface area (TPSA) is 58.6 Å². The van der Waals surface area contributed by atoms with Gasteiger partial charge in [0.15, 0.2) is 0 Å². The van der Waals surface area contributed by atoms with Crippen molar-refractivity contribution in [1.29, 1.82) is 0 Å². The number of likely N-dealkylation sites (tertiary alicyclic amines) is 1. The molecule has 7 heteroatoms. The highest BCUT2D eigenvalue weighted by molar-refractivity contribution is 7.99. The van der Waals surface area contributed by atoms with Crippen LogP contribution in [0.1, 0.15) is 32.1 Å². The zero-order chi connectivity index (χ0) is 16.8. The van der Waals surface area contributed by atoms with Gasteiger partial charge in [-0.05, 0) is 38.8 Å². The zero-order valence-corrected chi connectivity index (χ0v) is 15.1. The predicted octanol–water partition coefficient (Wildman–Crippen LogP) is 2.20. The van der Waals surface area contributed by atoms with Gasteiger partial charge in [0.2, 0.25) is 0 Å². The van der Waals surface area contributed by atoms with Crippen molar-refractivity contribution in [2.45, 2.75) is 43.2 Å². The van der Waals surface area contributed by atoms with Crippen molar-refractivity contribution >= 4 is 23.5 Å². The summed E-state index contributed by atoms with van der Waals surface area (Å²) in [7, 11) is 1.40. The summed E-state index contributed by atoms with van der Waals surface area (Å²) in [5.41, 5.74) is 0. The number of anilines is 1. The molecule has 0 amide bonds. The Morgan fingerprint density at radius 2 is 2.04 bits per heavy atom. The molecule has 0 saturated carbocycles. The van der Waals surface area contributed by atoms with Gasteiger partial charge in [0.05, 0.1) is 25.3 Å². The van der Waals surface area contributed by atoms with Crippen LogP contribution in [-0.2, 0) is 9.53 Å². The first-order valence-corrected chi connectivity index (χ1v) is 9.75. The number of rotatable bonds is 5. The van der Waals surface area contributed by atoms with Gasteiger partial charge in [-0.25, -0.2) is 4.98 Å². The Bertz CT molecular complexity index is 551. The molecule has 0 N–H and O–H groups in total. The van der Waals surface area contributed by atoms with Crippen LogP contribution < -0.4 is 4.90 Å². The normalized spacial score (nSPS) is 22.4. The van der Waals surface area contributed by atoms with Gasteiger partial charge in [0.1, 0.15) is 10.8 Å². The highest BCUT2D eigenvalue weighted by atomic mass is 32.2. The first-order valence-electron chi connectivity index (χ1n) is 8.77. The lowest BCUT2D eigenvalue weighted by atomic mass is 10.1. The number of esters is 1. The molecule has 3 heterocycles. The number of hydrogen-bond donors (Lipinski definition) is 0. The summed E-state index contributed by atoms with van der Waals surface area (Å²) in [5, 5.41) is 0.778. The Balaban J connectivity index is 1.66. The van der Waals surface area contributed by atoms with Gasteiger partial charge in [0.25, 0.3) is 0 Å². The molecule has 2 aliphatic heterocycles. The molecule has 0 aromatic carbocycles. The Kier molecular flexibility index (Phi) is 6.31. The van der Waals surface area contributed by atoms with Crippen molar-refractivity contribution in [3.8, 4) is 0 Å². The first kappa shape index (κ1) is 17.5. The molecule has 3 rings (SSSR count). The molecule has 1 aromatic rings. The van der Waals surface area contributed by atoms with Gasteiger partial charge in [-0.2, -0.15) is 0 Å². The smallest absolute Gasteiger partial charge is 0.316 e. The second kappa shape index (κ2) is 8.67. The SMILES string of the molecule is COC(=O)CSc1cncc(N2CCCCC(N3CCCC3)C2)n1. The van der Waals surface area contributed by atoms with Crippen molar-refractivity contribution < 1.29 is 9.53 Å². The fourth-order valence-electron chi connectivity index (χ4n) is 3.48. The molecule has 1 aromatic heterocycles. The van der Waals surface area contributed by atoms with Gasteiger partial charge in [-0.1, -0.05) is 18.2 Å². The van der Waals surface area contributed by atoms with Crippen molar-refractivity contribution in [3.05, 3.63) is 12.4 Å². The predicted molar refractivity (Wildman–Crippen MR) is 95.4 cm³/mol. The fourth-order valence-corrected chi connectivity index (χ4v) is 4.16. The largest absolute Gasteiger partial charge is 0.468 e. The number of carbonyl (C=O) groups excluding carboxylic acids is 1. The molecule has 1 atom stereocenters. The van der Waals surface area contributed by atoms with Gasteiger partial charge in [-0.3, -0.25) is 14.7 Å². The van der Waals surface area contributed by atoms with Crippen LogP contribution in [0.3, 0.4) is 0 Å². The van der Waals surface area contributed by atoms with E-state index < -0.39 is 0 Å². The standard InChI is InChI=1S/C17H26N4O2S/c1-23-17(22)13-24-16-11-18-10-15(19-16)21-9-3-2-6-14(12-21)20-7-4-5-8-20/h10-11,14H,2-9,12-13H2,1H3. The summed E-state index contributed by atoms with van der Waals surface area (Å²) in [6.45, 7) is 4.53. The monoisotopic (exact) mass is 350 g/mol. The maximum absolute atomic E-state index is 11.3. The number of ether oxygens (including phenoxy) is 1. The Morgan fingerprint density at radius 1 is 1.25 bits per heavy atom. The average molecular weight is 350 g/mol. The van der Waals surface area contributed by atoms with Crippen molar-refractivity contribution in [2.24, 2.45) is 0 Å². The Morgan fingerprint density at radius 3 is 2.83 bits per heavy atom. The molecule has 2 aliphatic rings. The summed E-state index contributed by atoms with van der Waals surface area (Å²) in [6.07, 6.45) is 9.97. The third kappa shape index (κ3) is 4.60. The molecule has 1 unspecified atom stereocenters. The summed E-state index contributed by atoms with van der Waals surface area (Å²) < 4.78 is 4.68. The number of carbonyl (C=O) groups is 1. The third-order valence-electron chi connectivity index (χ3n) is 4.79.